The van der Waals surface area contributed by atoms with Crippen LogP contribution in [0, 0.1) is 0 Å². The third-order valence-corrected chi connectivity index (χ3v) is 7.02. The van der Waals surface area contributed by atoms with Crippen LogP contribution < -0.4 is 20.1 Å². The molecule has 8 nitrogen and oxygen atoms in total. The standard InChI is InChI=1S/C27H31F2N5O3/c1-36-23-8-7-19(14-24(23)37-2)20-15-22(27(28)29)34-25(31-20)16-21(32-34)18-5-3-17(4-6-18)13-26(35)33-11-9-30-10-12-33/h3-8,14,16,20,22,27,30-31H,9-13,15H2,1-2H3. The number of halogens is 2. The number of amides is 1. The number of nitrogens with one attached hydrogen (secondary N) is 2. The molecule has 1 fully saturated rings. The number of ether oxygens (including phenoxy) is 2. The molecule has 2 N–H and O–H groups in total. The Morgan fingerprint density at radius 2 is 1.78 bits per heavy atom. The van der Waals surface area contributed by atoms with Crippen LogP contribution >= 0.6 is 0 Å². The molecule has 3 aromatic rings. The van der Waals surface area contributed by atoms with Gasteiger partial charge in [-0.3, -0.25) is 4.79 Å². The SMILES string of the molecule is COc1ccc(C2CC(C(F)F)n3nc(-c4ccc(CC(=O)N5CCNCC5)cc4)cc3N2)cc1OC. The quantitative estimate of drug-likeness (QED) is 0.501. The first-order chi connectivity index (χ1) is 18.0. The van der Waals surface area contributed by atoms with Crippen LogP contribution in [0.5, 0.6) is 11.5 Å². The highest BCUT2D eigenvalue weighted by molar-refractivity contribution is 5.79. The molecule has 37 heavy (non-hydrogen) atoms. The number of benzene rings is 2. The Kier molecular flexibility index (Phi) is 7.27. The number of anilines is 1. The number of carbonyl (C=O) groups excluding carboxylic acids is 1. The van der Waals surface area contributed by atoms with Gasteiger partial charge in [0.2, 0.25) is 5.91 Å². The van der Waals surface area contributed by atoms with E-state index in [4.69, 9.17) is 9.47 Å². The summed E-state index contributed by atoms with van der Waals surface area (Å²) in [5.41, 5.74) is 3.14. The average Bonchev–Trinajstić information content (AvgIpc) is 3.37. The highest BCUT2D eigenvalue weighted by Crippen LogP contribution is 2.41. The lowest BCUT2D eigenvalue weighted by atomic mass is 9.97. The van der Waals surface area contributed by atoms with Crippen LogP contribution in [0.2, 0.25) is 0 Å². The number of carbonyl (C=O) groups is 1. The molecule has 3 heterocycles. The number of alkyl halides is 2. The Bertz CT molecular complexity index is 1240. The Labute approximate surface area is 214 Å². The molecule has 2 aliphatic heterocycles. The van der Waals surface area contributed by atoms with Crippen molar-refractivity contribution in [2.45, 2.75) is 31.4 Å². The summed E-state index contributed by atoms with van der Waals surface area (Å²) in [7, 11) is 3.10. The number of nitrogens with zero attached hydrogens (tertiary/aromatic N) is 3. The third kappa shape index (κ3) is 5.24. The molecular weight excluding hydrogens is 480 g/mol. The Morgan fingerprint density at radius 1 is 1.05 bits per heavy atom. The fourth-order valence-corrected chi connectivity index (χ4v) is 4.97. The van der Waals surface area contributed by atoms with Gasteiger partial charge in [-0.1, -0.05) is 30.3 Å². The van der Waals surface area contributed by atoms with Crippen LogP contribution in [0.3, 0.4) is 0 Å². The molecule has 0 spiro atoms. The van der Waals surface area contributed by atoms with E-state index in [0.717, 1.165) is 42.9 Å². The lowest BCUT2D eigenvalue weighted by molar-refractivity contribution is -0.131. The summed E-state index contributed by atoms with van der Waals surface area (Å²) in [6.07, 6.45) is -2.06. The minimum absolute atomic E-state index is 0.108. The van der Waals surface area contributed by atoms with E-state index in [9.17, 15) is 13.6 Å². The van der Waals surface area contributed by atoms with Crippen molar-refractivity contribution in [3.8, 4) is 22.8 Å². The van der Waals surface area contributed by atoms with E-state index in [0.29, 0.717) is 29.4 Å². The van der Waals surface area contributed by atoms with E-state index in [1.807, 2.05) is 41.3 Å². The molecule has 1 saturated heterocycles. The summed E-state index contributed by atoms with van der Waals surface area (Å²) < 4.78 is 40.3. The number of hydrogen-bond donors (Lipinski definition) is 2. The fourth-order valence-electron chi connectivity index (χ4n) is 4.97. The van der Waals surface area contributed by atoms with Crippen molar-refractivity contribution in [1.29, 1.82) is 0 Å². The zero-order valence-corrected chi connectivity index (χ0v) is 20.9. The van der Waals surface area contributed by atoms with Crippen molar-refractivity contribution >= 4 is 11.7 Å². The van der Waals surface area contributed by atoms with Crippen LogP contribution in [0.25, 0.3) is 11.3 Å². The first-order valence-corrected chi connectivity index (χ1v) is 12.4. The van der Waals surface area contributed by atoms with E-state index in [1.54, 1.807) is 26.4 Å². The molecule has 10 heteroatoms. The van der Waals surface area contributed by atoms with Crippen molar-refractivity contribution in [1.82, 2.24) is 20.0 Å². The summed E-state index contributed by atoms with van der Waals surface area (Å²) in [6.45, 7) is 3.08. The maximum Gasteiger partial charge on any atom is 0.260 e. The van der Waals surface area contributed by atoms with Gasteiger partial charge in [0, 0.05) is 37.8 Å². The summed E-state index contributed by atoms with van der Waals surface area (Å²) in [4.78, 5) is 14.4. The second-order valence-corrected chi connectivity index (χ2v) is 9.31. The smallest absolute Gasteiger partial charge is 0.260 e. The highest BCUT2D eigenvalue weighted by atomic mass is 19.3. The predicted molar refractivity (Wildman–Crippen MR) is 136 cm³/mol. The Balaban J connectivity index is 1.35. The molecule has 2 atom stereocenters. The minimum atomic E-state index is -2.57. The molecule has 1 amide bonds. The van der Waals surface area contributed by atoms with Crippen molar-refractivity contribution in [2.24, 2.45) is 0 Å². The largest absolute Gasteiger partial charge is 0.493 e. The summed E-state index contributed by atoms with van der Waals surface area (Å²) in [5, 5.41) is 11.1. The highest BCUT2D eigenvalue weighted by Gasteiger charge is 2.35. The molecule has 5 rings (SSSR count). The number of hydrogen-bond acceptors (Lipinski definition) is 6. The lowest BCUT2D eigenvalue weighted by Gasteiger charge is -2.32. The van der Waals surface area contributed by atoms with E-state index in [-0.39, 0.29) is 18.4 Å². The van der Waals surface area contributed by atoms with Crippen molar-refractivity contribution in [3.05, 3.63) is 59.7 Å². The summed E-state index contributed by atoms with van der Waals surface area (Å²) in [5.74, 6) is 1.77. The zero-order chi connectivity index (χ0) is 25.9. The minimum Gasteiger partial charge on any atom is -0.493 e. The van der Waals surface area contributed by atoms with Crippen molar-refractivity contribution in [2.75, 3.05) is 45.7 Å². The van der Waals surface area contributed by atoms with E-state index < -0.39 is 12.5 Å². The van der Waals surface area contributed by atoms with Gasteiger partial charge in [0.15, 0.2) is 11.5 Å². The van der Waals surface area contributed by atoms with Crippen LogP contribution in [0.15, 0.2) is 48.5 Å². The summed E-state index contributed by atoms with van der Waals surface area (Å²) >= 11 is 0. The van der Waals surface area contributed by atoms with Gasteiger partial charge in [0.25, 0.3) is 6.43 Å². The monoisotopic (exact) mass is 511 g/mol. The molecule has 196 valence electrons. The second-order valence-electron chi connectivity index (χ2n) is 9.31. The van der Waals surface area contributed by atoms with Gasteiger partial charge in [-0.25, -0.2) is 13.5 Å². The molecule has 0 bridgehead atoms. The van der Waals surface area contributed by atoms with Gasteiger partial charge in [-0.15, -0.1) is 0 Å². The fraction of sp³-hybridized carbons (Fsp3) is 0.407. The topological polar surface area (TPSA) is 80.7 Å². The van der Waals surface area contributed by atoms with E-state index >= 15 is 0 Å². The second kappa shape index (κ2) is 10.8. The molecule has 1 aromatic heterocycles. The van der Waals surface area contributed by atoms with Crippen molar-refractivity contribution in [3.63, 3.8) is 0 Å². The van der Waals surface area contributed by atoms with Gasteiger partial charge >= 0.3 is 0 Å². The number of methoxy groups -OCH3 is 2. The first kappa shape index (κ1) is 25.0. The predicted octanol–water partition coefficient (Wildman–Crippen LogP) is 3.90. The maximum atomic E-state index is 14.1. The van der Waals surface area contributed by atoms with Gasteiger partial charge in [-0.2, -0.15) is 5.10 Å². The van der Waals surface area contributed by atoms with E-state index in [1.165, 1.54) is 4.68 Å². The number of piperazine rings is 1. The summed E-state index contributed by atoms with van der Waals surface area (Å²) in [6, 6.07) is 13.4. The molecule has 2 aromatic carbocycles. The number of rotatable bonds is 7. The Morgan fingerprint density at radius 3 is 2.46 bits per heavy atom. The van der Waals surface area contributed by atoms with Gasteiger partial charge in [-0.05, 0) is 29.7 Å². The molecule has 0 radical (unpaired) electrons. The molecule has 0 saturated carbocycles. The van der Waals surface area contributed by atoms with Crippen LogP contribution in [0.4, 0.5) is 14.6 Å². The lowest BCUT2D eigenvalue weighted by Crippen LogP contribution is -2.46. The maximum absolute atomic E-state index is 14.1. The Hall–Kier alpha value is -3.66. The third-order valence-electron chi connectivity index (χ3n) is 7.02. The number of aromatic nitrogens is 2. The normalized spacial score (nSPS) is 19.3. The van der Waals surface area contributed by atoms with E-state index in [2.05, 4.69) is 15.7 Å². The average molecular weight is 512 g/mol. The molecule has 2 unspecified atom stereocenters. The van der Waals surface area contributed by atoms with Crippen molar-refractivity contribution < 1.29 is 23.0 Å². The van der Waals surface area contributed by atoms with Crippen LogP contribution in [-0.4, -0.2) is 67.4 Å². The van der Waals surface area contributed by atoms with Gasteiger partial charge in [0.1, 0.15) is 11.9 Å². The van der Waals surface area contributed by atoms with Crippen LogP contribution in [-0.2, 0) is 11.2 Å². The van der Waals surface area contributed by atoms with Gasteiger partial charge in [0.05, 0.1) is 32.4 Å². The molecule has 0 aliphatic carbocycles. The van der Waals surface area contributed by atoms with Gasteiger partial charge < -0.3 is 25.0 Å². The molecular formula is C27H31F2N5O3. The number of fused-ring (bicyclic) bond motifs is 1. The first-order valence-electron chi connectivity index (χ1n) is 12.4. The van der Waals surface area contributed by atoms with Crippen LogP contribution in [0.1, 0.15) is 29.6 Å². The molecule has 2 aliphatic rings. The zero-order valence-electron chi connectivity index (χ0n) is 20.9.